The third kappa shape index (κ3) is 4.89. The monoisotopic (exact) mass is 397 g/mol. The number of benzene rings is 2. The van der Waals surface area contributed by atoms with Crippen molar-refractivity contribution in [2.45, 2.75) is 19.3 Å². The van der Waals surface area contributed by atoms with Crippen LogP contribution in [0.15, 0.2) is 53.6 Å². The number of methoxy groups -OCH3 is 1. The molecule has 0 aromatic heterocycles. The molecule has 2 aromatic rings. The predicted molar refractivity (Wildman–Crippen MR) is 104 cm³/mol. The number of hydrogen-bond donors (Lipinski definition) is 2. The number of carboxylic acids is 1. The van der Waals surface area contributed by atoms with E-state index in [2.05, 4.69) is 5.32 Å². The molecule has 1 aliphatic carbocycles. The number of rotatable bonds is 5. The predicted octanol–water partition coefficient (Wildman–Crippen LogP) is 3.09. The first-order valence-corrected chi connectivity index (χ1v) is 8.20. The standard InChI is InChI=1S/C20H18FNO4.Ca.2H/c1-26-14-5-2-4-12(10-14)13-8-9-18(17(21)11-13)22-19(23)15-6-3-7-16(15)20(24)25;;;/h2,4-5,8-11H,3,6-7H2,1H3,(H,22,23)(H,24,25);;;. The van der Waals surface area contributed by atoms with Crippen molar-refractivity contribution in [3.05, 3.63) is 59.4 Å². The third-order valence-electron chi connectivity index (χ3n) is 4.37. The molecule has 1 amide bonds. The van der Waals surface area contributed by atoms with Gasteiger partial charge in [0.15, 0.2) is 0 Å². The van der Waals surface area contributed by atoms with Gasteiger partial charge in [-0.1, -0.05) is 18.2 Å². The van der Waals surface area contributed by atoms with E-state index in [-0.39, 0.29) is 54.6 Å². The van der Waals surface area contributed by atoms with Crippen molar-refractivity contribution in [3.63, 3.8) is 0 Å². The first-order valence-electron chi connectivity index (χ1n) is 8.20. The van der Waals surface area contributed by atoms with Crippen LogP contribution in [0.5, 0.6) is 5.75 Å². The normalized spacial score (nSPS) is 13.1. The van der Waals surface area contributed by atoms with Gasteiger partial charge in [-0.05, 0) is 54.7 Å². The first kappa shape index (κ1) is 21.4. The number of carboxylic acid groups (broad SMARTS) is 1. The summed E-state index contributed by atoms with van der Waals surface area (Å²) in [4.78, 5) is 23.5. The molecule has 3 rings (SSSR count). The van der Waals surface area contributed by atoms with Gasteiger partial charge in [-0.3, -0.25) is 4.79 Å². The Morgan fingerprint density at radius 3 is 2.44 bits per heavy atom. The zero-order valence-corrected chi connectivity index (χ0v) is 14.2. The van der Waals surface area contributed by atoms with E-state index in [1.54, 1.807) is 25.3 Å². The van der Waals surface area contributed by atoms with Gasteiger partial charge >= 0.3 is 43.7 Å². The Morgan fingerprint density at radius 2 is 1.78 bits per heavy atom. The quantitative estimate of drug-likeness (QED) is 0.761. The van der Waals surface area contributed by atoms with E-state index in [0.717, 1.165) is 5.56 Å². The van der Waals surface area contributed by atoms with E-state index in [9.17, 15) is 14.0 Å². The van der Waals surface area contributed by atoms with Gasteiger partial charge in [0, 0.05) is 11.1 Å². The van der Waals surface area contributed by atoms with Gasteiger partial charge in [0.05, 0.1) is 12.8 Å². The van der Waals surface area contributed by atoms with Crippen molar-refractivity contribution in [1.82, 2.24) is 0 Å². The molecule has 2 aromatic carbocycles. The van der Waals surface area contributed by atoms with Gasteiger partial charge in [0.1, 0.15) is 11.6 Å². The minimum absolute atomic E-state index is 0. The van der Waals surface area contributed by atoms with E-state index in [0.29, 0.717) is 30.6 Å². The summed E-state index contributed by atoms with van der Waals surface area (Å²) < 4.78 is 19.6. The van der Waals surface area contributed by atoms with Crippen LogP contribution >= 0.6 is 0 Å². The molecule has 2 N–H and O–H groups in total. The van der Waals surface area contributed by atoms with Crippen LogP contribution in [0.3, 0.4) is 0 Å². The van der Waals surface area contributed by atoms with Crippen LogP contribution in [-0.4, -0.2) is 61.8 Å². The number of ether oxygens (including phenoxy) is 1. The van der Waals surface area contributed by atoms with E-state index in [1.807, 2.05) is 12.1 Å². The summed E-state index contributed by atoms with van der Waals surface area (Å²) >= 11 is 0. The van der Waals surface area contributed by atoms with Crippen molar-refractivity contribution >= 4 is 55.3 Å². The summed E-state index contributed by atoms with van der Waals surface area (Å²) in [5.41, 5.74) is 1.77. The van der Waals surface area contributed by atoms with Crippen LogP contribution in [0.2, 0.25) is 0 Å². The number of carbonyl (C=O) groups is 2. The molecule has 0 saturated carbocycles. The van der Waals surface area contributed by atoms with Gasteiger partial charge in [-0.15, -0.1) is 0 Å². The molecule has 138 valence electrons. The fourth-order valence-corrected chi connectivity index (χ4v) is 3.03. The van der Waals surface area contributed by atoms with Crippen LogP contribution in [0.4, 0.5) is 10.1 Å². The fourth-order valence-electron chi connectivity index (χ4n) is 3.03. The summed E-state index contributed by atoms with van der Waals surface area (Å²) in [5.74, 6) is -1.58. The molecule has 0 fully saturated rings. The molecule has 0 aliphatic heterocycles. The van der Waals surface area contributed by atoms with E-state index < -0.39 is 17.7 Å². The second-order valence-electron chi connectivity index (χ2n) is 6.00. The van der Waals surface area contributed by atoms with Crippen molar-refractivity contribution in [2.24, 2.45) is 0 Å². The molecule has 0 atom stereocenters. The summed E-state index contributed by atoms with van der Waals surface area (Å²) in [7, 11) is 1.56. The zero-order valence-electron chi connectivity index (χ0n) is 14.2. The van der Waals surface area contributed by atoms with Gasteiger partial charge < -0.3 is 15.2 Å². The molecular weight excluding hydrogens is 377 g/mol. The molecular formula is C20H20CaFNO4. The average molecular weight is 397 g/mol. The van der Waals surface area contributed by atoms with E-state index >= 15 is 0 Å². The summed E-state index contributed by atoms with van der Waals surface area (Å²) in [6.45, 7) is 0. The Labute approximate surface area is 186 Å². The van der Waals surface area contributed by atoms with Crippen molar-refractivity contribution in [2.75, 3.05) is 12.4 Å². The van der Waals surface area contributed by atoms with Crippen molar-refractivity contribution in [3.8, 4) is 16.9 Å². The fraction of sp³-hybridized carbons (Fsp3) is 0.200. The maximum atomic E-state index is 14.4. The van der Waals surface area contributed by atoms with Gasteiger partial charge in [0.2, 0.25) is 0 Å². The van der Waals surface area contributed by atoms with Crippen molar-refractivity contribution in [1.29, 1.82) is 0 Å². The SMILES string of the molecule is COc1cccc(-c2ccc(NC(=O)C3=C(C(=O)O)CCC3)c(F)c2)c1.[CaH2]. The van der Waals surface area contributed by atoms with Gasteiger partial charge in [0.25, 0.3) is 5.91 Å². The number of amides is 1. The second-order valence-corrected chi connectivity index (χ2v) is 6.00. The Balaban J connectivity index is 0.00000261. The Morgan fingerprint density at radius 1 is 1.07 bits per heavy atom. The molecule has 1 aliphatic rings. The van der Waals surface area contributed by atoms with Crippen LogP contribution < -0.4 is 10.1 Å². The molecule has 0 saturated heterocycles. The number of hydrogen-bond acceptors (Lipinski definition) is 3. The Bertz CT molecular complexity index is 911. The molecule has 0 unspecified atom stereocenters. The average Bonchev–Trinajstić information content (AvgIpc) is 3.13. The molecule has 0 bridgehead atoms. The molecule has 27 heavy (non-hydrogen) atoms. The minimum atomic E-state index is -1.10. The summed E-state index contributed by atoms with van der Waals surface area (Å²) in [6, 6.07) is 11.7. The zero-order chi connectivity index (χ0) is 18.7. The van der Waals surface area contributed by atoms with Gasteiger partial charge in [-0.2, -0.15) is 0 Å². The van der Waals surface area contributed by atoms with Crippen LogP contribution in [0.1, 0.15) is 19.3 Å². The molecule has 0 heterocycles. The number of nitrogens with one attached hydrogen (secondary N) is 1. The molecule has 7 heteroatoms. The topological polar surface area (TPSA) is 75.6 Å². The second kappa shape index (κ2) is 9.35. The number of anilines is 1. The Hall–Kier alpha value is -1.89. The number of halogens is 1. The van der Waals surface area contributed by atoms with Crippen LogP contribution in [-0.2, 0) is 9.59 Å². The first-order chi connectivity index (χ1) is 12.5. The number of aliphatic carboxylic acids is 1. The number of carbonyl (C=O) groups excluding carboxylic acids is 1. The van der Waals surface area contributed by atoms with Crippen molar-refractivity contribution < 1.29 is 23.8 Å². The Kier molecular flexibility index (Phi) is 7.41. The molecule has 0 spiro atoms. The van der Waals surface area contributed by atoms with E-state index in [1.165, 1.54) is 12.1 Å². The third-order valence-corrected chi connectivity index (χ3v) is 4.37. The summed E-state index contributed by atoms with van der Waals surface area (Å²) in [5, 5.41) is 11.6. The molecule has 5 nitrogen and oxygen atoms in total. The van der Waals surface area contributed by atoms with E-state index in [4.69, 9.17) is 9.84 Å². The maximum absolute atomic E-state index is 14.4. The summed E-state index contributed by atoms with van der Waals surface area (Å²) in [6.07, 6.45) is 1.36. The van der Waals surface area contributed by atoms with Crippen LogP contribution in [0.25, 0.3) is 11.1 Å². The van der Waals surface area contributed by atoms with Gasteiger partial charge in [-0.25, -0.2) is 9.18 Å². The van der Waals surface area contributed by atoms with Crippen LogP contribution in [0, 0.1) is 5.82 Å². The molecule has 0 radical (unpaired) electrons.